The first kappa shape index (κ1) is 39.4. The van der Waals surface area contributed by atoms with Crippen molar-refractivity contribution in [3.63, 3.8) is 0 Å². The fourth-order valence-electron chi connectivity index (χ4n) is 10.8. The first-order chi connectivity index (χ1) is 33.1. The van der Waals surface area contributed by atoms with Gasteiger partial charge in [0.2, 0.25) is 0 Å². The summed E-state index contributed by atoms with van der Waals surface area (Å²) in [5.74, 6) is 0. The van der Waals surface area contributed by atoms with E-state index in [1.807, 2.05) is 48.5 Å². The van der Waals surface area contributed by atoms with Gasteiger partial charge in [-0.15, -0.1) is 0 Å². The maximum Gasteiger partial charge on any atom is 0.0992 e. The Kier molecular flexibility index (Phi) is 9.46. The lowest BCUT2D eigenvalue weighted by Gasteiger charge is -2.36. The van der Waals surface area contributed by atoms with Gasteiger partial charge in [0.1, 0.15) is 0 Å². The largest absolute Gasteiger partial charge is 0.310 e. The molecular weight excluding hydrogens is 813 g/mol. The minimum absolute atomic E-state index is 0.607. The molecule has 67 heavy (non-hydrogen) atoms. The lowest BCUT2D eigenvalue weighted by atomic mass is 9.65. The fourth-order valence-corrected chi connectivity index (χ4v) is 10.8. The van der Waals surface area contributed by atoms with E-state index in [1.54, 1.807) is 0 Å². The number of nitrogens with zero attached hydrogens (tertiary/aromatic N) is 4. The van der Waals surface area contributed by atoms with Gasteiger partial charge in [0, 0.05) is 34.1 Å². The molecule has 0 bridgehead atoms. The van der Waals surface area contributed by atoms with E-state index < -0.39 is 5.41 Å². The van der Waals surface area contributed by atoms with Crippen LogP contribution in [-0.4, -0.2) is 0 Å². The van der Waals surface area contributed by atoms with E-state index in [2.05, 4.69) is 216 Å². The van der Waals surface area contributed by atoms with Crippen molar-refractivity contribution < 1.29 is 0 Å². The number of nitriles is 2. The molecule has 11 aromatic carbocycles. The molecule has 0 unspecified atom stereocenters. The molecule has 0 amide bonds. The molecule has 0 spiro atoms. The van der Waals surface area contributed by atoms with Gasteiger partial charge in [0.15, 0.2) is 0 Å². The monoisotopic (exact) mass is 852 g/mol. The summed E-state index contributed by atoms with van der Waals surface area (Å²) in [6, 6.07) is 90.5. The third-order valence-corrected chi connectivity index (χ3v) is 13.5. The van der Waals surface area contributed by atoms with Crippen LogP contribution in [0.3, 0.4) is 0 Å². The van der Waals surface area contributed by atoms with Crippen LogP contribution in [0.15, 0.2) is 243 Å². The first-order valence-corrected chi connectivity index (χ1v) is 22.5. The summed E-state index contributed by atoms with van der Waals surface area (Å²) in [4.78, 5) is 4.48. The van der Waals surface area contributed by atoms with Gasteiger partial charge in [-0.1, -0.05) is 158 Å². The zero-order valence-electron chi connectivity index (χ0n) is 36.4. The molecule has 1 aliphatic rings. The van der Waals surface area contributed by atoms with E-state index in [4.69, 9.17) is 0 Å². The Morgan fingerprint density at radius 2 is 0.776 bits per heavy atom. The number of anilines is 6. The van der Waals surface area contributed by atoms with E-state index in [0.717, 1.165) is 44.9 Å². The first-order valence-electron chi connectivity index (χ1n) is 22.5. The van der Waals surface area contributed by atoms with Crippen LogP contribution in [0.1, 0.15) is 33.4 Å². The van der Waals surface area contributed by atoms with Gasteiger partial charge in [-0.3, -0.25) is 0 Å². The Morgan fingerprint density at radius 3 is 1.33 bits per heavy atom. The summed E-state index contributed by atoms with van der Waals surface area (Å²) >= 11 is 0. The molecule has 11 aromatic rings. The second kappa shape index (κ2) is 16.1. The summed E-state index contributed by atoms with van der Waals surface area (Å²) in [6.07, 6.45) is 0. The lowest BCUT2D eigenvalue weighted by Crippen LogP contribution is -2.29. The van der Waals surface area contributed by atoms with Gasteiger partial charge in [-0.05, 0) is 151 Å². The van der Waals surface area contributed by atoms with E-state index in [1.165, 1.54) is 54.9 Å². The predicted molar refractivity (Wildman–Crippen MR) is 275 cm³/mol. The Bertz CT molecular complexity index is 3740. The van der Waals surface area contributed by atoms with Crippen LogP contribution < -0.4 is 9.80 Å². The van der Waals surface area contributed by atoms with Gasteiger partial charge in [-0.2, -0.15) is 10.5 Å². The van der Waals surface area contributed by atoms with Crippen molar-refractivity contribution in [3.05, 3.63) is 276 Å². The van der Waals surface area contributed by atoms with Crippen molar-refractivity contribution in [2.24, 2.45) is 0 Å². The molecule has 4 nitrogen and oxygen atoms in total. The smallest absolute Gasteiger partial charge is 0.0992 e. The average Bonchev–Trinajstić information content (AvgIpc) is 3.73. The van der Waals surface area contributed by atoms with E-state index in [9.17, 15) is 10.5 Å². The van der Waals surface area contributed by atoms with Gasteiger partial charge in [0.25, 0.3) is 0 Å². The number of hydrogen-bond acceptors (Lipinski definition) is 4. The second-order valence-electron chi connectivity index (χ2n) is 17.1. The van der Waals surface area contributed by atoms with Gasteiger partial charge in [0.05, 0.1) is 28.7 Å². The summed E-state index contributed by atoms with van der Waals surface area (Å²) in [6.45, 7) is 0. The molecule has 0 saturated heterocycles. The second-order valence-corrected chi connectivity index (χ2v) is 17.1. The maximum absolute atomic E-state index is 9.98. The van der Waals surface area contributed by atoms with Crippen LogP contribution in [0.2, 0.25) is 0 Å². The quantitative estimate of drug-likeness (QED) is 0.143. The number of para-hydroxylation sites is 2. The van der Waals surface area contributed by atoms with Crippen molar-refractivity contribution in [3.8, 4) is 23.3 Å². The molecule has 0 aromatic heterocycles. The normalized spacial score (nSPS) is 12.3. The zero-order chi connectivity index (χ0) is 44.9. The Balaban J connectivity index is 1.17. The Labute approximate surface area is 389 Å². The molecular formula is C63H40N4. The fraction of sp³-hybridized carbons (Fsp3) is 0.0159. The lowest BCUT2D eigenvalue weighted by molar-refractivity contribution is 0.783. The SMILES string of the molecule is N#Cc1cccc(N(c2ccccc2)c2ccc3c4c(ccc3c2)-c2c(c3ccc(N(c5ccccc5)c5cccc(C#N)c5)cc3c3ccccc23)C4(c2ccccc2)c2ccccc2)c1. The van der Waals surface area contributed by atoms with Crippen molar-refractivity contribution in [1.82, 2.24) is 0 Å². The highest BCUT2D eigenvalue weighted by molar-refractivity contribution is 6.21. The molecule has 0 aliphatic heterocycles. The molecule has 0 N–H and O–H groups in total. The highest BCUT2D eigenvalue weighted by atomic mass is 15.1. The minimum Gasteiger partial charge on any atom is -0.310 e. The molecule has 4 heteroatoms. The number of fused-ring (bicyclic) bond motifs is 10. The molecule has 0 saturated carbocycles. The van der Waals surface area contributed by atoms with Crippen LogP contribution in [0.4, 0.5) is 34.1 Å². The molecule has 0 heterocycles. The van der Waals surface area contributed by atoms with Crippen LogP contribution in [0.25, 0.3) is 43.4 Å². The standard InChI is InChI=1S/C63H40N4/c64-41-43-17-15-27-50(37-43)66(48-23-9-3-10-24-48)52-32-35-54-45(39-52)31-34-58-60-56-30-14-13-29-55(56)59-40-53(67(49-25-11-4-12-26-49)51-28-16-18-44(38-51)42-65)33-36-57(59)62(60)63(61(54)58,46-19-5-1-6-20-46)47-21-7-2-8-22-47/h1-40H. The minimum atomic E-state index is -0.724. The molecule has 0 fully saturated rings. The number of benzene rings is 11. The van der Waals surface area contributed by atoms with Gasteiger partial charge in [-0.25, -0.2) is 0 Å². The van der Waals surface area contributed by atoms with E-state index in [0.29, 0.717) is 11.1 Å². The topological polar surface area (TPSA) is 54.1 Å². The van der Waals surface area contributed by atoms with E-state index >= 15 is 0 Å². The van der Waals surface area contributed by atoms with Gasteiger partial charge >= 0.3 is 0 Å². The summed E-state index contributed by atoms with van der Waals surface area (Å²) in [7, 11) is 0. The van der Waals surface area contributed by atoms with Crippen molar-refractivity contribution >= 4 is 66.4 Å². The third kappa shape index (κ3) is 6.28. The summed E-state index contributed by atoms with van der Waals surface area (Å²) < 4.78 is 0. The van der Waals surface area contributed by atoms with Crippen LogP contribution in [-0.2, 0) is 5.41 Å². The van der Waals surface area contributed by atoms with Crippen molar-refractivity contribution in [1.29, 1.82) is 10.5 Å². The Hall–Kier alpha value is -9.22. The highest BCUT2D eigenvalue weighted by Crippen LogP contribution is 2.62. The Morgan fingerprint density at radius 1 is 0.313 bits per heavy atom. The van der Waals surface area contributed by atoms with Gasteiger partial charge < -0.3 is 9.80 Å². The van der Waals surface area contributed by atoms with Crippen molar-refractivity contribution in [2.45, 2.75) is 5.41 Å². The average molecular weight is 853 g/mol. The zero-order valence-corrected chi connectivity index (χ0v) is 36.4. The maximum atomic E-state index is 9.98. The number of rotatable bonds is 8. The summed E-state index contributed by atoms with van der Waals surface area (Å²) in [5.41, 5.74) is 13.7. The van der Waals surface area contributed by atoms with E-state index in [-0.39, 0.29) is 0 Å². The van der Waals surface area contributed by atoms with Crippen LogP contribution in [0, 0.1) is 22.7 Å². The number of hydrogen-bond donors (Lipinski definition) is 0. The van der Waals surface area contributed by atoms with Crippen LogP contribution >= 0.6 is 0 Å². The molecule has 0 radical (unpaired) electrons. The molecule has 1 aliphatic carbocycles. The molecule has 12 rings (SSSR count). The summed E-state index contributed by atoms with van der Waals surface area (Å²) in [5, 5.41) is 26.9. The third-order valence-electron chi connectivity index (χ3n) is 13.5. The highest BCUT2D eigenvalue weighted by Gasteiger charge is 2.49. The van der Waals surface area contributed by atoms with Crippen LogP contribution in [0.5, 0.6) is 0 Å². The van der Waals surface area contributed by atoms with Crippen molar-refractivity contribution in [2.75, 3.05) is 9.80 Å². The predicted octanol–water partition coefficient (Wildman–Crippen LogP) is 16.2. The molecule has 312 valence electrons. The molecule has 0 atom stereocenters.